The van der Waals surface area contributed by atoms with E-state index in [2.05, 4.69) is 72.4 Å². The first-order valence-corrected chi connectivity index (χ1v) is 30.6. The van der Waals surface area contributed by atoms with Gasteiger partial charge in [-0.05, 0) is 103 Å². The molecule has 0 aliphatic rings. The molecule has 0 aromatic rings. The number of aliphatic carboxylic acids is 1. The van der Waals surface area contributed by atoms with E-state index in [1.165, 1.54) is 0 Å². The Hall–Kier alpha value is 0.491. The van der Waals surface area contributed by atoms with Crippen LogP contribution >= 0.6 is 0 Å². The lowest BCUT2D eigenvalue weighted by Gasteiger charge is -2.45. The molecule has 0 bridgehead atoms. The molecule has 0 aromatic carbocycles. The molecule has 284 valence electrons. The molecule has 3 unspecified atom stereocenters. The second-order valence-corrected chi connectivity index (χ2v) is 34.0. The molecular formula is C30H86O9Si6. The Labute approximate surface area is 291 Å². The predicted molar refractivity (Wildman–Crippen MR) is 216 cm³/mol. The van der Waals surface area contributed by atoms with Crippen molar-refractivity contribution < 1.29 is 40.0 Å². The van der Waals surface area contributed by atoms with E-state index in [-0.39, 0.29) is 58.4 Å². The van der Waals surface area contributed by atoms with Gasteiger partial charge >= 0.3 is 40.2 Å². The number of ether oxygens (including phenoxy) is 2. The van der Waals surface area contributed by atoms with Crippen LogP contribution in [0.3, 0.4) is 0 Å². The minimum atomic E-state index is -2.76. The van der Waals surface area contributed by atoms with Crippen molar-refractivity contribution in [1.29, 1.82) is 0 Å². The van der Waals surface area contributed by atoms with Crippen LogP contribution in [0.2, 0.25) is 83.6 Å². The molecule has 0 aliphatic carbocycles. The van der Waals surface area contributed by atoms with Crippen molar-refractivity contribution in [2.75, 3.05) is 26.9 Å². The zero-order chi connectivity index (χ0) is 29.7. The van der Waals surface area contributed by atoms with Crippen LogP contribution in [0.15, 0.2) is 0 Å². The molecule has 0 heterocycles. The highest BCUT2D eigenvalue weighted by Gasteiger charge is 2.50. The standard InChI is InChI=1S/C23H58O9Si6.7CH4/c1-13-36(10,28-33(3)4)31-38(12,21-15-18-26-2)32-37(11,30-35(8,9)29-34(5,6)7)22-16-20-27-19-14-17-23(24)25;;;;;;;/h33H,13-22H2,1-12H3,(H,24,25);7*1H4. The van der Waals surface area contributed by atoms with Crippen LogP contribution in [0, 0.1) is 0 Å². The molecule has 3 atom stereocenters. The van der Waals surface area contributed by atoms with Crippen LogP contribution in [-0.2, 0) is 34.8 Å². The second-order valence-electron chi connectivity index (χ2n) is 12.2. The number of carboxylic acids is 1. The summed E-state index contributed by atoms with van der Waals surface area (Å²) in [5.41, 5.74) is 0. The maximum atomic E-state index is 10.8. The van der Waals surface area contributed by atoms with E-state index in [0.717, 1.165) is 31.0 Å². The predicted octanol–water partition coefficient (Wildman–Crippen LogP) is 10.6. The van der Waals surface area contributed by atoms with E-state index < -0.39 is 57.6 Å². The lowest BCUT2D eigenvalue weighted by Crippen LogP contribution is -2.61. The molecular weight excluding hydrogens is 673 g/mol. The van der Waals surface area contributed by atoms with Crippen molar-refractivity contribution >= 4 is 57.6 Å². The largest absolute Gasteiger partial charge is 0.481 e. The monoisotopic (exact) mass is 758 g/mol. The van der Waals surface area contributed by atoms with Crippen molar-refractivity contribution in [3.05, 3.63) is 0 Å². The average Bonchev–Trinajstić information content (AvgIpc) is 2.69. The maximum absolute atomic E-state index is 10.8. The molecule has 0 aromatic heterocycles. The Bertz CT molecular complexity index is 687. The highest BCUT2D eigenvalue weighted by atomic mass is 28.5. The summed E-state index contributed by atoms with van der Waals surface area (Å²) in [6, 6.07) is 2.43. The number of methoxy groups -OCH3 is 1. The van der Waals surface area contributed by atoms with E-state index in [1.54, 1.807) is 7.11 Å². The van der Waals surface area contributed by atoms with Gasteiger partial charge in [-0.2, -0.15) is 0 Å². The SMILES string of the molecule is C.C.C.C.C.C.C.CC[Si](C)(O[SiH](C)C)O[Si](C)(CCCOC)O[Si](C)(CCCOCCCC(=O)O)O[Si](C)(C)O[Si](C)(C)C. The van der Waals surface area contributed by atoms with Crippen molar-refractivity contribution in [2.24, 2.45) is 0 Å². The Balaban J connectivity index is -0.000000326. The summed E-state index contributed by atoms with van der Waals surface area (Å²) in [4.78, 5) is 10.8. The Kier molecular flexibility index (Phi) is 41.9. The normalized spacial score (nSPS) is 15.0. The van der Waals surface area contributed by atoms with Gasteiger partial charge in [0.05, 0.1) is 0 Å². The highest BCUT2D eigenvalue weighted by molar-refractivity contribution is 6.91. The molecule has 0 amide bonds. The Morgan fingerprint density at radius 3 is 1.47 bits per heavy atom. The number of carbonyl (C=O) groups is 1. The second kappa shape index (κ2) is 29.4. The molecule has 0 saturated heterocycles. The van der Waals surface area contributed by atoms with Crippen molar-refractivity contribution in [3.8, 4) is 0 Å². The topological polar surface area (TPSA) is 102 Å². The van der Waals surface area contributed by atoms with E-state index >= 15 is 0 Å². The van der Waals surface area contributed by atoms with Crippen molar-refractivity contribution in [3.63, 3.8) is 0 Å². The molecule has 9 nitrogen and oxygen atoms in total. The first-order valence-electron chi connectivity index (χ1n) is 14.1. The van der Waals surface area contributed by atoms with Crippen LogP contribution in [0.4, 0.5) is 0 Å². The zero-order valence-electron chi connectivity index (χ0n) is 26.4. The van der Waals surface area contributed by atoms with Crippen LogP contribution in [0.1, 0.15) is 84.6 Å². The third kappa shape index (κ3) is 32.8. The smallest absolute Gasteiger partial charge is 0.317 e. The van der Waals surface area contributed by atoms with Crippen LogP contribution in [0.25, 0.3) is 0 Å². The van der Waals surface area contributed by atoms with Gasteiger partial charge < -0.3 is 35.2 Å². The number of hydrogen-bond acceptors (Lipinski definition) is 8. The van der Waals surface area contributed by atoms with Gasteiger partial charge in [0.25, 0.3) is 0 Å². The third-order valence-electron chi connectivity index (χ3n) is 5.58. The van der Waals surface area contributed by atoms with E-state index in [1.807, 2.05) is 0 Å². The van der Waals surface area contributed by atoms with Gasteiger partial charge in [0, 0.05) is 33.4 Å². The van der Waals surface area contributed by atoms with E-state index in [4.69, 9.17) is 35.2 Å². The number of hydrogen-bond donors (Lipinski definition) is 1. The molecule has 45 heavy (non-hydrogen) atoms. The van der Waals surface area contributed by atoms with Gasteiger partial charge in [0.1, 0.15) is 0 Å². The van der Waals surface area contributed by atoms with Gasteiger partial charge in [0.2, 0.25) is 0 Å². The summed E-state index contributed by atoms with van der Waals surface area (Å²) in [6.45, 7) is 25.4. The maximum Gasteiger partial charge on any atom is 0.317 e. The molecule has 0 radical (unpaired) electrons. The van der Waals surface area contributed by atoms with Gasteiger partial charge in [0.15, 0.2) is 17.4 Å². The molecule has 0 saturated carbocycles. The molecule has 1 N–H and O–H groups in total. The summed E-state index contributed by atoms with van der Waals surface area (Å²) >= 11 is 0. The van der Waals surface area contributed by atoms with Crippen molar-refractivity contribution in [2.45, 2.75) is 168 Å². The fourth-order valence-corrected chi connectivity index (χ4v) is 32.6. The zero-order valence-corrected chi connectivity index (χ0v) is 32.5. The summed E-state index contributed by atoms with van der Waals surface area (Å²) < 4.78 is 45.2. The average molecular weight is 760 g/mol. The highest BCUT2D eigenvalue weighted by Crippen LogP contribution is 2.33. The van der Waals surface area contributed by atoms with Gasteiger partial charge in [-0.25, -0.2) is 0 Å². The first-order chi connectivity index (χ1) is 17.3. The molecule has 15 heteroatoms. The molecule has 0 aliphatic heterocycles. The Morgan fingerprint density at radius 1 is 0.644 bits per heavy atom. The lowest BCUT2D eigenvalue weighted by atomic mass is 10.3. The van der Waals surface area contributed by atoms with Crippen LogP contribution in [0.5, 0.6) is 0 Å². The Morgan fingerprint density at radius 2 is 1.07 bits per heavy atom. The number of carboxylic acid groups (broad SMARTS) is 1. The van der Waals surface area contributed by atoms with Gasteiger partial charge in [-0.15, -0.1) is 0 Å². The third-order valence-corrected chi connectivity index (χ3v) is 28.3. The number of rotatable bonds is 23. The molecule has 0 rings (SSSR count). The van der Waals surface area contributed by atoms with E-state index in [0.29, 0.717) is 26.2 Å². The van der Waals surface area contributed by atoms with Crippen LogP contribution in [-0.4, -0.2) is 89.6 Å². The molecule has 0 fully saturated rings. The van der Waals surface area contributed by atoms with Crippen molar-refractivity contribution in [1.82, 2.24) is 0 Å². The summed E-state index contributed by atoms with van der Waals surface area (Å²) in [5, 5.41) is 8.84. The minimum Gasteiger partial charge on any atom is -0.481 e. The van der Waals surface area contributed by atoms with E-state index in [9.17, 15) is 4.79 Å². The van der Waals surface area contributed by atoms with Gasteiger partial charge in [-0.1, -0.05) is 58.9 Å². The first kappa shape index (κ1) is 64.1. The summed E-state index contributed by atoms with van der Waals surface area (Å²) in [7, 11) is -11.7. The van der Waals surface area contributed by atoms with Crippen LogP contribution < -0.4 is 0 Å². The van der Waals surface area contributed by atoms with Gasteiger partial charge in [-0.3, -0.25) is 4.79 Å². The lowest BCUT2D eigenvalue weighted by molar-refractivity contribution is -0.137. The molecule has 0 spiro atoms. The fraction of sp³-hybridized carbons (Fsp3) is 0.967. The summed E-state index contributed by atoms with van der Waals surface area (Å²) in [5.74, 6) is -0.797. The summed E-state index contributed by atoms with van der Waals surface area (Å²) in [6.07, 6.45) is 2.26. The fourth-order valence-electron chi connectivity index (χ4n) is 4.58. The minimum absolute atomic E-state index is 0. The quantitative estimate of drug-likeness (QED) is 0.0806.